The minimum Gasteiger partial charge on any atom is -0.508 e. The highest BCUT2D eigenvalue weighted by molar-refractivity contribution is 5.84. The van der Waals surface area contributed by atoms with E-state index in [9.17, 15) is 5.11 Å². The predicted octanol–water partition coefficient (Wildman–Crippen LogP) is 3.86. The predicted molar refractivity (Wildman–Crippen MR) is 83.8 cm³/mol. The molecule has 0 aromatic heterocycles. The monoisotopic (exact) mass is 265 g/mol. The zero-order valence-corrected chi connectivity index (χ0v) is 11.7. The van der Waals surface area contributed by atoms with E-state index in [4.69, 9.17) is 0 Å². The van der Waals surface area contributed by atoms with Crippen LogP contribution in [0, 0.1) is 0 Å². The summed E-state index contributed by atoms with van der Waals surface area (Å²) in [6.45, 7) is 1.00. The van der Waals surface area contributed by atoms with Crippen molar-refractivity contribution >= 4 is 10.8 Å². The summed E-state index contributed by atoms with van der Waals surface area (Å²) in [5.74, 6) is 0.326. The number of nitrogens with zero attached hydrogens (tertiary/aromatic N) is 1. The second-order valence-corrected chi connectivity index (χ2v) is 5.40. The summed E-state index contributed by atoms with van der Waals surface area (Å²) in [6, 6.07) is 12.0. The highest BCUT2D eigenvalue weighted by Crippen LogP contribution is 2.22. The van der Waals surface area contributed by atoms with Crippen molar-refractivity contribution in [2.45, 2.75) is 12.8 Å². The first-order valence-corrected chi connectivity index (χ1v) is 7.00. The van der Waals surface area contributed by atoms with Crippen LogP contribution in [-0.4, -0.2) is 23.6 Å². The molecule has 1 aliphatic heterocycles. The smallest absolute Gasteiger partial charge is 0.116 e. The summed E-state index contributed by atoms with van der Waals surface area (Å²) in [5, 5.41) is 11.8. The Morgan fingerprint density at radius 3 is 2.65 bits per heavy atom. The molecule has 2 aromatic rings. The first-order chi connectivity index (χ1) is 9.70. The average molecular weight is 265 g/mol. The highest BCUT2D eigenvalue weighted by Gasteiger charge is 2.03. The number of hydrogen-bond donors (Lipinski definition) is 1. The van der Waals surface area contributed by atoms with E-state index in [0.29, 0.717) is 5.75 Å². The highest BCUT2D eigenvalue weighted by atomic mass is 16.3. The van der Waals surface area contributed by atoms with Crippen LogP contribution < -0.4 is 0 Å². The fourth-order valence-electron chi connectivity index (χ4n) is 2.53. The Bertz CT molecular complexity index is 685. The number of aryl methyl sites for hydroxylation is 1. The van der Waals surface area contributed by atoms with Gasteiger partial charge in [0.25, 0.3) is 0 Å². The standard InChI is InChI=1S/C18H19NO/c1-19-10-8-14(9-11-19)2-3-15-4-5-17-13-18(20)7-6-16(17)12-15/h4-10,12-13,20H,2-3,11H2,1H3. The number of phenols is 1. The van der Waals surface area contributed by atoms with Crippen LogP contribution in [-0.2, 0) is 6.42 Å². The van der Waals surface area contributed by atoms with Crippen molar-refractivity contribution in [3.63, 3.8) is 0 Å². The van der Waals surface area contributed by atoms with Gasteiger partial charge in [0.15, 0.2) is 0 Å². The maximum absolute atomic E-state index is 9.48. The second kappa shape index (κ2) is 5.41. The van der Waals surface area contributed by atoms with Gasteiger partial charge >= 0.3 is 0 Å². The number of rotatable bonds is 3. The normalized spacial score (nSPS) is 14.7. The number of aromatic hydroxyl groups is 1. The fraction of sp³-hybridized carbons (Fsp3) is 0.222. The molecule has 0 radical (unpaired) electrons. The van der Waals surface area contributed by atoms with Crippen LogP contribution in [0.15, 0.2) is 60.3 Å². The molecular formula is C18H19NO. The molecule has 0 aliphatic carbocycles. The molecule has 2 nitrogen and oxygen atoms in total. The van der Waals surface area contributed by atoms with Gasteiger partial charge in [-0.25, -0.2) is 0 Å². The fourth-order valence-corrected chi connectivity index (χ4v) is 2.53. The molecule has 20 heavy (non-hydrogen) atoms. The maximum Gasteiger partial charge on any atom is 0.116 e. The van der Waals surface area contributed by atoms with Gasteiger partial charge in [-0.1, -0.05) is 30.3 Å². The summed E-state index contributed by atoms with van der Waals surface area (Å²) in [7, 11) is 2.09. The van der Waals surface area contributed by atoms with E-state index in [1.165, 1.54) is 16.5 Å². The second-order valence-electron chi connectivity index (χ2n) is 5.40. The summed E-state index contributed by atoms with van der Waals surface area (Å²) in [4.78, 5) is 2.17. The Kier molecular flexibility index (Phi) is 3.46. The number of likely N-dealkylation sites (N-methyl/N-ethyl adjacent to an activating group) is 1. The molecule has 1 heterocycles. The van der Waals surface area contributed by atoms with Crippen molar-refractivity contribution in [1.29, 1.82) is 0 Å². The van der Waals surface area contributed by atoms with Crippen LogP contribution in [0.1, 0.15) is 12.0 Å². The Balaban J connectivity index is 1.72. The van der Waals surface area contributed by atoms with Crippen molar-refractivity contribution in [3.05, 3.63) is 65.9 Å². The van der Waals surface area contributed by atoms with E-state index in [-0.39, 0.29) is 0 Å². The van der Waals surface area contributed by atoms with Gasteiger partial charge < -0.3 is 10.0 Å². The molecule has 2 aromatic carbocycles. The van der Waals surface area contributed by atoms with Crippen molar-refractivity contribution < 1.29 is 5.11 Å². The lowest BCUT2D eigenvalue weighted by Gasteiger charge is -2.17. The van der Waals surface area contributed by atoms with Gasteiger partial charge in [-0.3, -0.25) is 0 Å². The van der Waals surface area contributed by atoms with Gasteiger partial charge in [0.05, 0.1) is 0 Å². The van der Waals surface area contributed by atoms with Gasteiger partial charge in [-0.15, -0.1) is 0 Å². The van der Waals surface area contributed by atoms with Crippen LogP contribution in [0.5, 0.6) is 5.75 Å². The molecule has 0 saturated heterocycles. The van der Waals surface area contributed by atoms with Crippen molar-refractivity contribution in [3.8, 4) is 5.75 Å². The lowest BCUT2D eigenvalue weighted by molar-refractivity contribution is 0.476. The molecule has 102 valence electrons. The molecule has 0 atom stereocenters. The van der Waals surface area contributed by atoms with E-state index in [0.717, 1.165) is 24.8 Å². The third kappa shape index (κ3) is 2.85. The van der Waals surface area contributed by atoms with Crippen molar-refractivity contribution in [1.82, 2.24) is 4.90 Å². The topological polar surface area (TPSA) is 23.5 Å². The number of hydrogen-bond acceptors (Lipinski definition) is 2. The molecule has 3 rings (SSSR count). The van der Waals surface area contributed by atoms with E-state index < -0.39 is 0 Å². The summed E-state index contributed by atoms with van der Waals surface area (Å²) in [5.41, 5.74) is 2.75. The molecular weight excluding hydrogens is 246 g/mol. The van der Waals surface area contributed by atoms with Crippen LogP contribution >= 0.6 is 0 Å². The van der Waals surface area contributed by atoms with Crippen molar-refractivity contribution in [2.75, 3.05) is 13.6 Å². The molecule has 0 fully saturated rings. The van der Waals surface area contributed by atoms with Gasteiger partial charge in [-0.05, 0) is 59.2 Å². The number of phenolic OH excluding ortho intramolecular Hbond substituents is 1. The largest absolute Gasteiger partial charge is 0.508 e. The van der Waals surface area contributed by atoms with Gasteiger partial charge in [0.2, 0.25) is 0 Å². The van der Waals surface area contributed by atoms with E-state index in [2.05, 4.69) is 48.5 Å². The van der Waals surface area contributed by atoms with E-state index in [1.54, 1.807) is 12.1 Å². The number of benzene rings is 2. The molecule has 0 bridgehead atoms. The minimum absolute atomic E-state index is 0.326. The number of fused-ring (bicyclic) bond motifs is 1. The van der Waals surface area contributed by atoms with Gasteiger partial charge in [0, 0.05) is 13.6 Å². The third-order valence-corrected chi connectivity index (χ3v) is 3.78. The Morgan fingerprint density at radius 2 is 1.85 bits per heavy atom. The zero-order valence-electron chi connectivity index (χ0n) is 11.7. The molecule has 0 saturated carbocycles. The minimum atomic E-state index is 0.326. The SMILES string of the molecule is CN1C=CC(CCc2ccc3cc(O)ccc3c2)=CC1. The molecule has 0 spiro atoms. The lowest BCUT2D eigenvalue weighted by atomic mass is 10.00. The number of allylic oxidation sites excluding steroid dienone is 2. The molecule has 0 amide bonds. The molecule has 1 N–H and O–H groups in total. The summed E-state index contributed by atoms with van der Waals surface area (Å²) in [6.07, 6.45) is 8.75. The first kappa shape index (κ1) is 12.8. The average Bonchev–Trinajstić information content (AvgIpc) is 2.46. The van der Waals surface area contributed by atoms with Crippen molar-refractivity contribution in [2.24, 2.45) is 0 Å². The van der Waals surface area contributed by atoms with Crippen LogP contribution in [0.2, 0.25) is 0 Å². The van der Waals surface area contributed by atoms with E-state index in [1.807, 2.05) is 6.07 Å². The zero-order chi connectivity index (χ0) is 13.9. The summed E-state index contributed by atoms with van der Waals surface area (Å²) < 4.78 is 0. The Labute approximate surface area is 119 Å². The maximum atomic E-state index is 9.48. The summed E-state index contributed by atoms with van der Waals surface area (Å²) >= 11 is 0. The molecule has 0 unspecified atom stereocenters. The van der Waals surface area contributed by atoms with Gasteiger partial charge in [-0.2, -0.15) is 0 Å². The van der Waals surface area contributed by atoms with Gasteiger partial charge in [0.1, 0.15) is 5.75 Å². The Morgan fingerprint density at radius 1 is 1.05 bits per heavy atom. The first-order valence-electron chi connectivity index (χ1n) is 7.00. The van der Waals surface area contributed by atoms with E-state index >= 15 is 0 Å². The van der Waals surface area contributed by atoms with Crippen LogP contribution in [0.3, 0.4) is 0 Å². The lowest BCUT2D eigenvalue weighted by Crippen LogP contribution is -2.13. The van der Waals surface area contributed by atoms with Crippen LogP contribution in [0.4, 0.5) is 0 Å². The molecule has 1 aliphatic rings. The quantitative estimate of drug-likeness (QED) is 0.910. The molecule has 2 heteroatoms. The Hall–Kier alpha value is -2.22. The third-order valence-electron chi connectivity index (χ3n) is 3.78. The van der Waals surface area contributed by atoms with Crippen LogP contribution in [0.25, 0.3) is 10.8 Å².